The lowest BCUT2D eigenvalue weighted by molar-refractivity contribution is -0.114. The van der Waals surface area contributed by atoms with E-state index in [1.54, 1.807) is 16.8 Å². The molecule has 0 unspecified atom stereocenters. The molecule has 5 nitrogen and oxygen atoms in total. The van der Waals surface area contributed by atoms with Gasteiger partial charge in [-0.15, -0.1) is 21.5 Å². The zero-order valence-electron chi connectivity index (χ0n) is 8.56. The molecule has 0 saturated heterocycles. The van der Waals surface area contributed by atoms with Crippen molar-refractivity contribution in [2.24, 2.45) is 0 Å². The van der Waals surface area contributed by atoms with Crippen LogP contribution in [0.2, 0.25) is 0 Å². The van der Waals surface area contributed by atoms with Crippen LogP contribution in [-0.2, 0) is 11.3 Å². The van der Waals surface area contributed by atoms with Crippen LogP contribution in [0.1, 0.15) is 11.8 Å². The number of anilines is 2. The number of nitrogens with one attached hydrogen (secondary N) is 2. The molecular weight excluding hydrogens is 244 g/mol. The first-order valence-electron chi connectivity index (χ1n) is 4.59. The number of carbonyl (C=O) groups is 1. The van der Waals surface area contributed by atoms with E-state index in [1.165, 1.54) is 18.3 Å². The second kappa shape index (κ2) is 5.04. The van der Waals surface area contributed by atoms with Gasteiger partial charge >= 0.3 is 0 Å². The lowest BCUT2D eigenvalue weighted by atomic mass is 10.4. The molecule has 2 N–H and O–H groups in total. The van der Waals surface area contributed by atoms with Crippen molar-refractivity contribution in [1.29, 1.82) is 0 Å². The van der Waals surface area contributed by atoms with Crippen LogP contribution in [-0.4, -0.2) is 16.1 Å². The zero-order chi connectivity index (χ0) is 11.4. The van der Waals surface area contributed by atoms with E-state index in [1.807, 2.05) is 11.4 Å². The topological polar surface area (TPSA) is 66.9 Å². The summed E-state index contributed by atoms with van der Waals surface area (Å²) in [5.41, 5.74) is 2.53. The molecule has 0 aliphatic rings. The zero-order valence-corrected chi connectivity index (χ0v) is 10.2. The molecule has 84 valence electrons. The third-order valence-electron chi connectivity index (χ3n) is 1.82. The Bertz CT molecular complexity index is 466. The molecule has 0 saturated carbocycles. The Labute approximate surface area is 101 Å². The van der Waals surface area contributed by atoms with E-state index in [9.17, 15) is 4.79 Å². The van der Waals surface area contributed by atoms with Crippen molar-refractivity contribution < 1.29 is 4.79 Å². The van der Waals surface area contributed by atoms with Crippen molar-refractivity contribution in [2.75, 3.05) is 10.6 Å². The number of hydrogen-bond acceptors (Lipinski definition) is 6. The van der Waals surface area contributed by atoms with Gasteiger partial charge in [-0.3, -0.25) is 4.79 Å². The first kappa shape index (κ1) is 11.0. The Hall–Kier alpha value is -1.47. The van der Waals surface area contributed by atoms with Gasteiger partial charge in [-0.25, -0.2) is 0 Å². The van der Waals surface area contributed by atoms with Crippen molar-refractivity contribution in [3.8, 4) is 0 Å². The number of amides is 1. The number of thiophene rings is 1. The summed E-state index contributed by atoms with van der Waals surface area (Å²) in [5, 5.41) is 16.3. The van der Waals surface area contributed by atoms with Crippen molar-refractivity contribution >= 4 is 39.4 Å². The van der Waals surface area contributed by atoms with E-state index in [2.05, 4.69) is 20.8 Å². The average Bonchev–Trinajstić information content (AvgIpc) is 2.84. The van der Waals surface area contributed by atoms with Gasteiger partial charge in [0.05, 0.1) is 12.2 Å². The minimum Gasteiger partial charge on any atom is -0.355 e. The van der Waals surface area contributed by atoms with Crippen LogP contribution in [0.5, 0.6) is 0 Å². The molecule has 0 atom stereocenters. The van der Waals surface area contributed by atoms with Crippen LogP contribution in [0, 0.1) is 0 Å². The summed E-state index contributed by atoms with van der Waals surface area (Å²) in [5.74, 6) is -0.0597. The van der Waals surface area contributed by atoms with Gasteiger partial charge in [0.25, 0.3) is 0 Å². The molecule has 2 aromatic rings. The van der Waals surface area contributed by atoms with E-state index in [0.29, 0.717) is 6.54 Å². The van der Waals surface area contributed by atoms with Crippen molar-refractivity contribution in [3.05, 3.63) is 21.8 Å². The van der Waals surface area contributed by atoms with Gasteiger partial charge in [-0.2, -0.15) is 0 Å². The Morgan fingerprint density at radius 2 is 2.38 bits per heavy atom. The van der Waals surface area contributed by atoms with Crippen LogP contribution in [0.4, 0.5) is 10.8 Å². The highest BCUT2D eigenvalue weighted by Gasteiger charge is 2.06. The van der Waals surface area contributed by atoms with Crippen LogP contribution >= 0.6 is 22.7 Å². The predicted molar refractivity (Wildman–Crippen MR) is 65.9 cm³/mol. The summed E-state index contributed by atoms with van der Waals surface area (Å²) >= 11 is 3.04. The summed E-state index contributed by atoms with van der Waals surface area (Å²) in [4.78, 5) is 12.0. The minimum atomic E-state index is -0.0597. The fraction of sp³-hybridized carbons (Fsp3) is 0.222. The first-order chi connectivity index (χ1) is 7.75. The molecule has 0 bridgehead atoms. The Morgan fingerprint density at radius 3 is 3.06 bits per heavy atom. The van der Waals surface area contributed by atoms with Gasteiger partial charge in [0, 0.05) is 11.8 Å². The second-order valence-electron chi connectivity index (χ2n) is 3.04. The SMILES string of the molecule is CC(=O)Nc1ccsc1CNc1nncs1. The minimum absolute atomic E-state index is 0.0597. The molecule has 0 radical (unpaired) electrons. The Balaban J connectivity index is 1.99. The van der Waals surface area contributed by atoms with Gasteiger partial charge in [-0.1, -0.05) is 11.3 Å². The monoisotopic (exact) mass is 254 g/mol. The standard InChI is InChI=1S/C9H10N4OS2/c1-6(14)12-7-2-3-15-8(7)4-10-9-13-11-5-16-9/h2-3,5H,4H2,1H3,(H,10,13)(H,12,14). The van der Waals surface area contributed by atoms with Crippen molar-refractivity contribution in [2.45, 2.75) is 13.5 Å². The fourth-order valence-corrected chi connectivity index (χ4v) is 2.40. The van der Waals surface area contributed by atoms with Gasteiger partial charge in [-0.05, 0) is 11.4 Å². The number of rotatable bonds is 4. The second-order valence-corrected chi connectivity index (χ2v) is 4.87. The summed E-state index contributed by atoms with van der Waals surface area (Å²) in [7, 11) is 0. The highest BCUT2D eigenvalue weighted by molar-refractivity contribution is 7.13. The molecule has 1 amide bonds. The highest BCUT2D eigenvalue weighted by atomic mass is 32.1. The maximum absolute atomic E-state index is 10.9. The largest absolute Gasteiger partial charge is 0.355 e. The smallest absolute Gasteiger partial charge is 0.221 e. The van der Waals surface area contributed by atoms with Crippen molar-refractivity contribution in [3.63, 3.8) is 0 Å². The number of aromatic nitrogens is 2. The number of nitrogens with zero attached hydrogens (tertiary/aromatic N) is 2. The molecule has 7 heteroatoms. The lowest BCUT2D eigenvalue weighted by Crippen LogP contribution is -2.08. The van der Waals surface area contributed by atoms with Gasteiger partial charge in [0.1, 0.15) is 5.51 Å². The maximum Gasteiger partial charge on any atom is 0.221 e. The van der Waals surface area contributed by atoms with Gasteiger partial charge < -0.3 is 10.6 Å². The number of hydrogen-bond donors (Lipinski definition) is 2. The lowest BCUT2D eigenvalue weighted by Gasteiger charge is -2.04. The molecule has 2 heterocycles. The molecule has 0 aliphatic carbocycles. The van der Waals surface area contributed by atoms with Gasteiger partial charge in [0.2, 0.25) is 11.0 Å². The van der Waals surface area contributed by atoms with Crippen LogP contribution in [0.3, 0.4) is 0 Å². The van der Waals surface area contributed by atoms with Crippen LogP contribution in [0.15, 0.2) is 17.0 Å². The summed E-state index contributed by atoms with van der Waals surface area (Å²) in [6.45, 7) is 2.14. The average molecular weight is 254 g/mol. The van der Waals surface area contributed by atoms with E-state index in [4.69, 9.17) is 0 Å². The normalized spacial score (nSPS) is 10.1. The fourth-order valence-electron chi connectivity index (χ4n) is 1.18. The summed E-state index contributed by atoms with van der Waals surface area (Å²) < 4.78 is 0. The first-order valence-corrected chi connectivity index (χ1v) is 6.35. The highest BCUT2D eigenvalue weighted by Crippen LogP contribution is 2.23. The predicted octanol–water partition coefficient (Wildman–Crippen LogP) is 2.17. The number of carbonyl (C=O) groups excluding carboxylic acids is 1. The molecule has 0 fully saturated rings. The van der Waals surface area contributed by atoms with Crippen LogP contribution < -0.4 is 10.6 Å². The molecular formula is C9H10N4OS2. The third-order valence-corrected chi connectivity index (χ3v) is 3.39. The molecule has 0 aromatic carbocycles. The van der Waals surface area contributed by atoms with E-state index >= 15 is 0 Å². The van der Waals surface area contributed by atoms with Gasteiger partial charge in [0.15, 0.2) is 0 Å². The van der Waals surface area contributed by atoms with Crippen LogP contribution in [0.25, 0.3) is 0 Å². The molecule has 2 rings (SSSR count). The third kappa shape index (κ3) is 2.77. The Morgan fingerprint density at radius 1 is 1.50 bits per heavy atom. The van der Waals surface area contributed by atoms with E-state index < -0.39 is 0 Å². The molecule has 0 spiro atoms. The summed E-state index contributed by atoms with van der Waals surface area (Å²) in [6.07, 6.45) is 0. The molecule has 16 heavy (non-hydrogen) atoms. The molecule has 2 aromatic heterocycles. The summed E-state index contributed by atoms with van der Waals surface area (Å²) in [6, 6.07) is 1.89. The quantitative estimate of drug-likeness (QED) is 0.877. The van der Waals surface area contributed by atoms with E-state index in [0.717, 1.165) is 15.7 Å². The molecule has 0 aliphatic heterocycles. The maximum atomic E-state index is 10.9. The van der Waals surface area contributed by atoms with Crippen molar-refractivity contribution in [1.82, 2.24) is 10.2 Å². The van der Waals surface area contributed by atoms with E-state index in [-0.39, 0.29) is 5.91 Å². The Kier molecular flexibility index (Phi) is 3.47.